The number of rotatable bonds is 7. The number of guanidine groups is 1. The molecule has 150 valence electrons. The molecule has 1 saturated heterocycles. The fourth-order valence-electron chi connectivity index (χ4n) is 3.28. The lowest BCUT2D eigenvalue weighted by Crippen LogP contribution is -2.52. The van der Waals surface area contributed by atoms with Crippen molar-refractivity contribution >= 4 is 23.4 Å². The van der Waals surface area contributed by atoms with E-state index >= 15 is 0 Å². The van der Waals surface area contributed by atoms with Crippen LogP contribution in [0.2, 0.25) is 0 Å². The molecule has 1 N–H and O–H groups in total. The molecule has 0 spiro atoms. The number of nitrogens with zero attached hydrogens (tertiary/aromatic N) is 4. The third-order valence-electron chi connectivity index (χ3n) is 4.93. The maximum atomic E-state index is 4.49. The summed E-state index contributed by atoms with van der Waals surface area (Å²) in [5.74, 6) is 1.01. The van der Waals surface area contributed by atoms with E-state index < -0.39 is 0 Å². The number of aromatic nitrogens is 1. The smallest absolute Gasteiger partial charge is 0.193 e. The van der Waals surface area contributed by atoms with Gasteiger partial charge >= 0.3 is 0 Å². The lowest BCUT2D eigenvalue weighted by Gasteiger charge is -2.36. The van der Waals surface area contributed by atoms with E-state index in [4.69, 9.17) is 0 Å². The summed E-state index contributed by atoms with van der Waals surface area (Å²) >= 11 is 1.82. The van der Waals surface area contributed by atoms with Gasteiger partial charge in [-0.1, -0.05) is 49.4 Å². The Balaban J connectivity index is 1.38. The van der Waals surface area contributed by atoms with Crippen molar-refractivity contribution in [3.8, 4) is 0 Å². The molecule has 0 unspecified atom stereocenters. The molecule has 1 aromatic carbocycles. The molecule has 0 saturated carbocycles. The van der Waals surface area contributed by atoms with Crippen molar-refractivity contribution in [3.63, 3.8) is 0 Å². The first kappa shape index (κ1) is 20.6. The summed E-state index contributed by atoms with van der Waals surface area (Å²) in [7, 11) is 1.87. The molecule has 3 rings (SSSR count). The number of hydrogen-bond donors (Lipinski definition) is 1. The number of benzene rings is 1. The van der Waals surface area contributed by atoms with Gasteiger partial charge in [0.1, 0.15) is 0 Å². The molecule has 0 radical (unpaired) electrons. The van der Waals surface area contributed by atoms with Crippen LogP contribution in [0.1, 0.15) is 22.4 Å². The van der Waals surface area contributed by atoms with Crippen LogP contribution in [0.4, 0.5) is 0 Å². The third kappa shape index (κ3) is 6.17. The fourth-order valence-corrected chi connectivity index (χ4v) is 4.15. The molecular formula is C22H31N5S. The quantitative estimate of drug-likeness (QED) is 0.576. The maximum absolute atomic E-state index is 4.49. The van der Waals surface area contributed by atoms with Crippen LogP contribution in [0.3, 0.4) is 0 Å². The Morgan fingerprint density at radius 3 is 2.68 bits per heavy atom. The van der Waals surface area contributed by atoms with E-state index in [0.29, 0.717) is 0 Å². The zero-order chi connectivity index (χ0) is 19.6. The highest BCUT2D eigenvalue weighted by molar-refractivity contribution is 7.11. The summed E-state index contributed by atoms with van der Waals surface area (Å²) in [6.45, 7) is 8.20. The molecule has 1 aliphatic rings. The lowest BCUT2D eigenvalue weighted by atomic mass is 10.2. The number of piperazine rings is 1. The van der Waals surface area contributed by atoms with E-state index in [-0.39, 0.29) is 0 Å². The maximum Gasteiger partial charge on any atom is 0.193 e. The van der Waals surface area contributed by atoms with Crippen LogP contribution >= 0.6 is 11.3 Å². The molecule has 2 heterocycles. The molecule has 2 aromatic rings. The third-order valence-corrected chi connectivity index (χ3v) is 6.13. The SMILES string of the molecule is CCc1cnc(CCNC(=NC)N2CCN(C/C=C/c3ccccc3)CC2)s1. The predicted molar refractivity (Wildman–Crippen MR) is 120 cm³/mol. The van der Waals surface area contributed by atoms with Crippen LogP contribution in [0.25, 0.3) is 6.08 Å². The molecule has 0 bridgehead atoms. The second-order valence-corrected chi connectivity index (χ2v) is 8.10. The van der Waals surface area contributed by atoms with Crippen LogP contribution in [-0.4, -0.2) is 67.1 Å². The molecule has 5 nitrogen and oxygen atoms in total. The van der Waals surface area contributed by atoms with Crippen molar-refractivity contribution in [3.05, 3.63) is 58.1 Å². The molecule has 28 heavy (non-hydrogen) atoms. The molecule has 1 fully saturated rings. The molecular weight excluding hydrogens is 366 g/mol. The van der Waals surface area contributed by atoms with Gasteiger partial charge in [0.05, 0.1) is 5.01 Å². The Hall–Kier alpha value is -2.18. The lowest BCUT2D eigenvalue weighted by molar-refractivity contribution is 0.194. The van der Waals surface area contributed by atoms with Gasteiger partial charge in [-0.15, -0.1) is 11.3 Å². The molecule has 6 heteroatoms. The van der Waals surface area contributed by atoms with Gasteiger partial charge in [0, 0.05) is 63.8 Å². The normalized spacial score (nSPS) is 16.1. The number of aryl methyl sites for hydroxylation is 1. The average molecular weight is 398 g/mol. The summed E-state index contributed by atoms with van der Waals surface area (Å²) in [5.41, 5.74) is 1.26. The monoisotopic (exact) mass is 397 g/mol. The van der Waals surface area contributed by atoms with Gasteiger partial charge < -0.3 is 10.2 Å². The Labute approximate surface area is 172 Å². The highest BCUT2D eigenvalue weighted by Crippen LogP contribution is 2.13. The number of thiazole rings is 1. The van der Waals surface area contributed by atoms with Crippen LogP contribution < -0.4 is 5.32 Å². The van der Waals surface area contributed by atoms with E-state index in [1.54, 1.807) is 0 Å². The minimum absolute atomic E-state index is 0.878. The van der Waals surface area contributed by atoms with Gasteiger partial charge in [-0.05, 0) is 12.0 Å². The Bertz CT molecular complexity index is 760. The topological polar surface area (TPSA) is 43.8 Å². The fraction of sp³-hybridized carbons (Fsp3) is 0.455. The first-order chi connectivity index (χ1) is 13.8. The van der Waals surface area contributed by atoms with E-state index in [2.05, 4.69) is 74.5 Å². The van der Waals surface area contributed by atoms with Crippen molar-refractivity contribution in [2.24, 2.45) is 4.99 Å². The summed E-state index contributed by atoms with van der Waals surface area (Å²) in [5, 5.41) is 4.71. The van der Waals surface area contributed by atoms with Gasteiger partial charge in [-0.25, -0.2) is 4.98 Å². The zero-order valence-electron chi connectivity index (χ0n) is 17.0. The largest absolute Gasteiger partial charge is 0.356 e. The highest BCUT2D eigenvalue weighted by Gasteiger charge is 2.18. The average Bonchev–Trinajstić information content (AvgIpc) is 3.21. The Morgan fingerprint density at radius 2 is 2.00 bits per heavy atom. The standard InChI is InChI=1S/C22H31N5S/c1-3-20-18-25-21(28-20)11-12-24-22(23-2)27-16-14-26(15-17-27)13-7-10-19-8-5-4-6-9-19/h4-10,18H,3,11-17H2,1-2H3,(H,23,24)/b10-7+. The van der Waals surface area contributed by atoms with E-state index in [1.165, 1.54) is 15.4 Å². The van der Waals surface area contributed by atoms with Crippen molar-refractivity contribution < 1.29 is 0 Å². The van der Waals surface area contributed by atoms with E-state index in [0.717, 1.165) is 58.1 Å². The molecule has 1 aliphatic heterocycles. The number of nitrogens with one attached hydrogen (secondary N) is 1. The molecule has 0 amide bonds. The molecule has 0 atom stereocenters. The number of aliphatic imine (C=N–C) groups is 1. The van der Waals surface area contributed by atoms with E-state index in [9.17, 15) is 0 Å². The van der Waals surface area contributed by atoms with Crippen molar-refractivity contribution in [1.29, 1.82) is 0 Å². The zero-order valence-corrected chi connectivity index (χ0v) is 17.8. The second-order valence-electron chi connectivity index (χ2n) is 6.90. The van der Waals surface area contributed by atoms with Crippen LogP contribution in [-0.2, 0) is 12.8 Å². The van der Waals surface area contributed by atoms with Crippen molar-refractivity contribution in [1.82, 2.24) is 20.1 Å². The second kappa shape index (κ2) is 11.0. The van der Waals surface area contributed by atoms with Crippen molar-refractivity contribution in [2.45, 2.75) is 19.8 Å². The van der Waals surface area contributed by atoms with Gasteiger partial charge in [-0.2, -0.15) is 0 Å². The van der Waals surface area contributed by atoms with Crippen LogP contribution in [0, 0.1) is 0 Å². The highest BCUT2D eigenvalue weighted by atomic mass is 32.1. The van der Waals surface area contributed by atoms with Crippen LogP contribution in [0.15, 0.2) is 47.6 Å². The first-order valence-electron chi connectivity index (χ1n) is 10.1. The van der Waals surface area contributed by atoms with Crippen molar-refractivity contribution in [2.75, 3.05) is 46.3 Å². The molecule has 1 aromatic heterocycles. The van der Waals surface area contributed by atoms with Gasteiger partial charge in [0.2, 0.25) is 0 Å². The Morgan fingerprint density at radius 1 is 1.21 bits per heavy atom. The minimum atomic E-state index is 0.878. The van der Waals surface area contributed by atoms with Gasteiger partial charge in [-0.3, -0.25) is 9.89 Å². The molecule has 0 aliphatic carbocycles. The summed E-state index contributed by atoms with van der Waals surface area (Å²) in [6, 6.07) is 10.5. The van der Waals surface area contributed by atoms with Crippen LogP contribution in [0.5, 0.6) is 0 Å². The predicted octanol–water partition coefficient (Wildman–Crippen LogP) is 3.15. The minimum Gasteiger partial charge on any atom is -0.356 e. The summed E-state index contributed by atoms with van der Waals surface area (Å²) in [4.78, 5) is 15.2. The first-order valence-corrected chi connectivity index (χ1v) is 10.9. The summed E-state index contributed by atoms with van der Waals surface area (Å²) in [6.07, 6.45) is 8.48. The van der Waals surface area contributed by atoms with Gasteiger partial charge in [0.15, 0.2) is 5.96 Å². The van der Waals surface area contributed by atoms with E-state index in [1.807, 2.05) is 24.6 Å². The number of hydrogen-bond acceptors (Lipinski definition) is 4. The summed E-state index contributed by atoms with van der Waals surface area (Å²) < 4.78 is 0. The van der Waals surface area contributed by atoms with Gasteiger partial charge in [0.25, 0.3) is 0 Å². The Kier molecular flexibility index (Phi) is 8.06.